The minimum Gasteiger partial charge on any atom is -0.309 e. The molecule has 0 N–H and O–H groups in total. The highest BCUT2D eigenvalue weighted by molar-refractivity contribution is 6.11. The third-order valence-electron chi connectivity index (χ3n) is 10.8. The minimum absolute atomic E-state index is 0.685. The molecule has 0 aliphatic carbocycles. The van der Waals surface area contributed by atoms with Gasteiger partial charge in [0.25, 0.3) is 0 Å². The van der Waals surface area contributed by atoms with E-state index in [1.165, 1.54) is 10.8 Å². The predicted octanol–water partition coefficient (Wildman–Crippen LogP) is 12.7. The van der Waals surface area contributed by atoms with Gasteiger partial charge in [0.15, 0.2) is 5.82 Å². The number of fused-ring (bicyclic) bond motifs is 6. The molecule has 0 aliphatic heterocycles. The van der Waals surface area contributed by atoms with E-state index in [-0.39, 0.29) is 0 Å². The zero-order valence-corrected chi connectivity index (χ0v) is 30.3. The van der Waals surface area contributed by atoms with Crippen molar-refractivity contribution in [1.82, 2.24) is 24.1 Å². The first-order valence-corrected chi connectivity index (χ1v) is 18.9. The molecular formula is C51H33N5. The molecule has 0 amide bonds. The van der Waals surface area contributed by atoms with E-state index in [0.29, 0.717) is 5.82 Å². The Morgan fingerprint density at radius 2 is 0.893 bits per heavy atom. The van der Waals surface area contributed by atoms with Crippen molar-refractivity contribution in [2.75, 3.05) is 0 Å². The molecule has 0 aliphatic rings. The van der Waals surface area contributed by atoms with Gasteiger partial charge in [0, 0.05) is 50.4 Å². The van der Waals surface area contributed by atoms with Crippen LogP contribution in [-0.4, -0.2) is 24.1 Å². The molecule has 0 unspecified atom stereocenters. The van der Waals surface area contributed by atoms with Gasteiger partial charge < -0.3 is 9.13 Å². The molecule has 56 heavy (non-hydrogen) atoms. The van der Waals surface area contributed by atoms with Gasteiger partial charge in [-0.2, -0.15) is 0 Å². The molecule has 0 spiro atoms. The smallest absolute Gasteiger partial charge is 0.160 e. The van der Waals surface area contributed by atoms with Crippen LogP contribution in [0.1, 0.15) is 0 Å². The molecular weight excluding hydrogens is 683 g/mol. The topological polar surface area (TPSA) is 48.5 Å². The Hall–Kier alpha value is -7.63. The largest absolute Gasteiger partial charge is 0.309 e. The number of rotatable bonds is 6. The molecule has 4 aromatic heterocycles. The SMILES string of the molecule is c1ccc(-c2cc(-c3ccccc3)nc(-c3cccc(-n4c5ccccc5c5ccc(-c6ccc7c(c6)c6ncccc6n7-c6ccccc6)cc54)c3)n2)cc1. The summed E-state index contributed by atoms with van der Waals surface area (Å²) < 4.78 is 4.68. The Labute approximate surface area is 323 Å². The fourth-order valence-corrected chi connectivity index (χ4v) is 8.17. The second-order valence-corrected chi connectivity index (χ2v) is 14.1. The molecule has 11 rings (SSSR count). The molecule has 0 fully saturated rings. The van der Waals surface area contributed by atoms with E-state index < -0.39 is 0 Å². The Morgan fingerprint density at radius 3 is 1.66 bits per heavy atom. The van der Waals surface area contributed by atoms with Crippen molar-refractivity contribution < 1.29 is 0 Å². The van der Waals surface area contributed by atoms with Crippen molar-refractivity contribution in [1.29, 1.82) is 0 Å². The van der Waals surface area contributed by atoms with Gasteiger partial charge in [0.1, 0.15) is 0 Å². The lowest BCUT2D eigenvalue weighted by atomic mass is 10.0. The summed E-state index contributed by atoms with van der Waals surface area (Å²) in [6.07, 6.45) is 1.88. The zero-order valence-electron chi connectivity index (χ0n) is 30.3. The third-order valence-corrected chi connectivity index (χ3v) is 10.8. The van der Waals surface area contributed by atoms with E-state index in [1.807, 2.05) is 48.7 Å². The first kappa shape index (κ1) is 31.9. The highest BCUT2D eigenvalue weighted by Crippen LogP contribution is 2.38. The second-order valence-electron chi connectivity index (χ2n) is 14.1. The quantitative estimate of drug-likeness (QED) is 0.172. The van der Waals surface area contributed by atoms with Gasteiger partial charge in [0.2, 0.25) is 0 Å². The Bertz CT molecular complexity index is 3180. The molecule has 0 saturated carbocycles. The van der Waals surface area contributed by atoms with Crippen LogP contribution in [0.2, 0.25) is 0 Å². The number of para-hydroxylation sites is 2. The monoisotopic (exact) mass is 715 g/mol. The summed E-state index contributed by atoms with van der Waals surface area (Å²) in [6, 6.07) is 68.3. The van der Waals surface area contributed by atoms with Crippen LogP contribution in [0.25, 0.3) is 100 Å². The van der Waals surface area contributed by atoms with E-state index in [9.17, 15) is 0 Å². The molecule has 0 atom stereocenters. The number of hydrogen-bond acceptors (Lipinski definition) is 3. The molecule has 0 bridgehead atoms. The van der Waals surface area contributed by atoms with Crippen LogP contribution in [0.5, 0.6) is 0 Å². The molecule has 262 valence electrons. The average Bonchev–Trinajstić information content (AvgIpc) is 3.79. The van der Waals surface area contributed by atoms with E-state index >= 15 is 0 Å². The normalized spacial score (nSPS) is 11.6. The van der Waals surface area contributed by atoms with Crippen molar-refractivity contribution in [3.63, 3.8) is 0 Å². The van der Waals surface area contributed by atoms with Gasteiger partial charge in [-0.15, -0.1) is 0 Å². The fourth-order valence-electron chi connectivity index (χ4n) is 8.17. The van der Waals surface area contributed by atoms with Gasteiger partial charge in [-0.25, -0.2) is 9.97 Å². The number of pyridine rings is 1. The van der Waals surface area contributed by atoms with Crippen molar-refractivity contribution in [2.24, 2.45) is 0 Å². The first-order valence-electron chi connectivity index (χ1n) is 18.9. The highest BCUT2D eigenvalue weighted by atomic mass is 15.0. The summed E-state index contributed by atoms with van der Waals surface area (Å²) in [5.41, 5.74) is 14.8. The van der Waals surface area contributed by atoms with E-state index in [2.05, 4.69) is 161 Å². The maximum Gasteiger partial charge on any atom is 0.160 e. The van der Waals surface area contributed by atoms with Gasteiger partial charge in [-0.3, -0.25) is 4.98 Å². The van der Waals surface area contributed by atoms with Gasteiger partial charge in [-0.1, -0.05) is 127 Å². The molecule has 0 radical (unpaired) electrons. The van der Waals surface area contributed by atoms with E-state index in [0.717, 1.165) is 83.5 Å². The van der Waals surface area contributed by atoms with Crippen LogP contribution in [-0.2, 0) is 0 Å². The maximum absolute atomic E-state index is 5.14. The molecule has 5 heteroatoms. The number of aromatic nitrogens is 5. The molecule has 0 saturated heterocycles. The van der Waals surface area contributed by atoms with Crippen molar-refractivity contribution in [2.45, 2.75) is 0 Å². The summed E-state index contributed by atoms with van der Waals surface area (Å²) in [5, 5.41) is 3.54. The number of benzene rings is 7. The van der Waals surface area contributed by atoms with Crippen molar-refractivity contribution in [3.05, 3.63) is 200 Å². The number of hydrogen-bond donors (Lipinski definition) is 0. The van der Waals surface area contributed by atoms with Gasteiger partial charge in [0.05, 0.1) is 39.0 Å². The van der Waals surface area contributed by atoms with Gasteiger partial charge >= 0.3 is 0 Å². The van der Waals surface area contributed by atoms with E-state index in [1.54, 1.807) is 0 Å². The molecule has 5 nitrogen and oxygen atoms in total. The minimum atomic E-state index is 0.685. The van der Waals surface area contributed by atoms with Crippen LogP contribution in [0.4, 0.5) is 0 Å². The summed E-state index contributed by atoms with van der Waals surface area (Å²) in [4.78, 5) is 15.1. The lowest BCUT2D eigenvalue weighted by molar-refractivity contribution is 1.16. The molecule has 11 aromatic rings. The lowest BCUT2D eigenvalue weighted by Crippen LogP contribution is -1.98. The Kier molecular flexibility index (Phi) is 7.42. The van der Waals surface area contributed by atoms with Crippen LogP contribution in [0.3, 0.4) is 0 Å². The third kappa shape index (κ3) is 5.29. The standard InChI is InChI=1S/C51H33N5/c1-4-14-34(15-5-1)44-33-45(35-16-6-2-7-17-35)54-51(53-44)38-18-12-21-40(30-38)56-46-23-11-10-22-41(46)42-27-25-37(32-49(42)56)36-26-28-47-43(31-36)50-48(24-13-29-52-50)55(47)39-19-8-3-9-20-39/h1-33H. The molecule has 4 heterocycles. The summed E-state index contributed by atoms with van der Waals surface area (Å²) in [5.74, 6) is 0.685. The van der Waals surface area contributed by atoms with Crippen LogP contribution >= 0.6 is 0 Å². The van der Waals surface area contributed by atoms with Crippen molar-refractivity contribution >= 4 is 43.7 Å². The maximum atomic E-state index is 5.14. The second kappa shape index (κ2) is 13.0. The summed E-state index contributed by atoms with van der Waals surface area (Å²) in [6.45, 7) is 0. The molecule has 7 aromatic carbocycles. The number of nitrogens with zero attached hydrogens (tertiary/aromatic N) is 5. The van der Waals surface area contributed by atoms with Crippen LogP contribution < -0.4 is 0 Å². The summed E-state index contributed by atoms with van der Waals surface area (Å²) in [7, 11) is 0. The Balaban J connectivity index is 1.08. The van der Waals surface area contributed by atoms with Crippen LogP contribution in [0, 0.1) is 0 Å². The van der Waals surface area contributed by atoms with E-state index in [4.69, 9.17) is 15.0 Å². The lowest BCUT2D eigenvalue weighted by Gasteiger charge is -2.12. The van der Waals surface area contributed by atoms with Crippen molar-refractivity contribution in [3.8, 4) is 56.4 Å². The zero-order chi connectivity index (χ0) is 37.0. The highest BCUT2D eigenvalue weighted by Gasteiger charge is 2.18. The summed E-state index contributed by atoms with van der Waals surface area (Å²) >= 11 is 0. The predicted molar refractivity (Wildman–Crippen MR) is 230 cm³/mol. The van der Waals surface area contributed by atoms with Crippen LogP contribution in [0.15, 0.2) is 200 Å². The van der Waals surface area contributed by atoms with Gasteiger partial charge in [-0.05, 0) is 77.9 Å². The average molecular weight is 716 g/mol. The Morgan fingerprint density at radius 1 is 0.321 bits per heavy atom. The first-order chi connectivity index (χ1) is 27.8. The fraction of sp³-hybridized carbons (Fsp3) is 0.